The van der Waals surface area contributed by atoms with Gasteiger partial charge in [-0.05, 0) is 51.7 Å². The quantitative estimate of drug-likeness (QED) is 0.470. The first kappa shape index (κ1) is 23.5. The largest absolute Gasteiger partial charge is 0.489 e. The zero-order valence-electron chi connectivity index (χ0n) is 18.1. The van der Waals surface area contributed by atoms with Crippen molar-refractivity contribution in [2.75, 3.05) is 31.9 Å². The molecule has 0 aliphatic carbocycles. The smallest absolute Gasteiger partial charge is 0.214 e. The average molecular weight is 425 g/mol. The van der Waals surface area contributed by atoms with Gasteiger partial charge in [0.05, 0.1) is 12.3 Å². The fraction of sp³-hybridized carbons (Fsp3) is 0.667. The monoisotopic (exact) mass is 424 g/mol. The number of piperidine rings is 1. The van der Waals surface area contributed by atoms with Gasteiger partial charge in [-0.25, -0.2) is 17.7 Å². The minimum atomic E-state index is -3.11. The van der Waals surface area contributed by atoms with Gasteiger partial charge >= 0.3 is 0 Å². The normalized spacial score (nSPS) is 17.7. The first-order valence-electron chi connectivity index (χ1n) is 10.6. The van der Waals surface area contributed by atoms with E-state index >= 15 is 0 Å². The molecule has 1 aromatic rings. The third-order valence-electron chi connectivity index (χ3n) is 4.92. The molecule has 1 aromatic carbocycles. The van der Waals surface area contributed by atoms with Gasteiger partial charge < -0.3 is 15.4 Å². The van der Waals surface area contributed by atoms with Crippen molar-refractivity contribution in [3.8, 4) is 5.75 Å². The first-order chi connectivity index (χ1) is 13.9. The van der Waals surface area contributed by atoms with Crippen LogP contribution in [0.5, 0.6) is 5.75 Å². The Kier molecular flexibility index (Phi) is 9.23. The average Bonchev–Trinajstić information content (AvgIpc) is 2.68. The molecule has 1 aliphatic heterocycles. The second-order valence-electron chi connectivity index (χ2n) is 7.55. The second kappa shape index (κ2) is 11.4. The fourth-order valence-corrected chi connectivity index (χ4v) is 4.88. The van der Waals surface area contributed by atoms with Gasteiger partial charge in [-0.1, -0.05) is 25.1 Å². The molecule has 1 heterocycles. The van der Waals surface area contributed by atoms with Crippen LogP contribution >= 0.6 is 0 Å². The third kappa shape index (κ3) is 7.51. The van der Waals surface area contributed by atoms with Crippen molar-refractivity contribution in [2.45, 2.75) is 59.1 Å². The van der Waals surface area contributed by atoms with E-state index in [0.717, 1.165) is 36.7 Å². The van der Waals surface area contributed by atoms with Gasteiger partial charge in [0.25, 0.3) is 0 Å². The molecular weight excluding hydrogens is 388 g/mol. The Morgan fingerprint density at radius 1 is 1.28 bits per heavy atom. The number of para-hydroxylation sites is 1. The number of aryl methyl sites for hydroxylation is 1. The summed E-state index contributed by atoms with van der Waals surface area (Å²) in [7, 11) is -3.11. The number of guanidine groups is 1. The Morgan fingerprint density at radius 3 is 2.59 bits per heavy atom. The predicted molar refractivity (Wildman–Crippen MR) is 119 cm³/mol. The van der Waals surface area contributed by atoms with Crippen LogP contribution in [0.15, 0.2) is 29.3 Å². The molecule has 7 nitrogen and oxygen atoms in total. The summed E-state index contributed by atoms with van der Waals surface area (Å²) in [5.41, 5.74) is 1.11. The van der Waals surface area contributed by atoms with Crippen LogP contribution in [0, 0.1) is 6.92 Å². The molecule has 2 rings (SSSR count). The van der Waals surface area contributed by atoms with Crippen LogP contribution in [0.2, 0.25) is 0 Å². The molecule has 0 amide bonds. The number of sulfonamides is 1. The van der Waals surface area contributed by atoms with Crippen LogP contribution in [0.25, 0.3) is 0 Å². The van der Waals surface area contributed by atoms with Crippen LogP contribution in [0.3, 0.4) is 0 Å². The van der Waals surface area contributed by atoms with E-state index in [1.54, 1.807) is 4.31 Å². The van der Waals surface area contributed by atoms with Crippen molar-refractivity contribution in [3.05, 3.63) is 29.8 Å². The van der Waals surface area contributed by atoms with E-state index in [0.29, 0.717) is 26.1 Å². The zero-order valence-corrected chi connectivity index (χ0v) is 19.0. The molecule has 1 fully saturated rings. The maximum absolute atomic E-state index is 12.2. The predicted octanol–water partition coefficient (Wildman–Crippen LogP) is 2.52. The summed E-state index contributed by atoms with van der Waals surface area (Å²) in [6.07, 6.45) is 2.17. The number of hydrogen-bond donors (Lipinski definition) is 2. The molecule has 8 heteroatoms. The number of nitrogens with one attached hydrogen (secondary N) is 2. The van der Waals surface area contributed by atoms with Gasteiger partial charge in [-0.2, -0.15) is 0 Å². The van der Waals surface area contributed by atoms with Crippen molar-refractivity contribution in [1.82, 2.24) is 14.9 Å². The highest BCUT2D eigenvalue weighted by Gasteiger charge is 2.27. The molecule has 29 heavy (non-hydrogen) atoms. The number of benzene rings is 1. The Bertz CT molecular complexity index is 759. The Morgan fingerprint density at radius 2 is 1.97 bits per heavy atom. The molecule has 0 saturated carbocycles. The molecule has 1 aliphatic rings. The number of nitrogens with zero attached hydrogens (tertiary/aromatic N) is 2. The molecule has 1 saturated heterocycles. The Hall–Kier alpha value is -1.80. The summed E-state index contributed by atoms with van der Waals surface area (Å²) >= 11 is 0. The summed E-state index contributed by atoms with van der Waals surface area (Å²) in [5.74, 6) is 1.87. The van der Waals surface area contributed by atoms with Gasteiger partial charge in [0.2, 0.25) is 10.0 Å². The highest BCUT2D eigenvalue weighted by atomic mass is 32.2. The molecule has 1 atom stereocenters. The lowest BCUT2D eigenvalue weighted by Gasteiger charge is -2.32. The first-order valence-corrected chi connectivity index (χ1v) is 12.2. The van der Waals surface area contributed by atoms with E-state index in [1.807, 2.05) is 52.0 Å². The highest BCUT2D eigenvalue weighted by molar-refractivity contribution is 7.89. The van der Waals surface area contributed by atoms with Crippen molar-refractivity contribution >= 4 is 16.0 Å². The van der Waals surface area contributed by atoms with Crippen LogP contribution in [-0.4, -0.2) is 62.8 Å². The summed E-state index contributed by atoms with van der Waals surface area (Å²) in [4.78, 5) is 4.67. The minimum Gasteiger partial charge on any atom is -0.489 e. The van der Waals surface area contributed by atoms with Gasteiger partial charge in [0.15, 0.2) is 5.96 Å². The standard InChI is InChI=1S/C21H36N4O3S/c1-5-15-29(26,27)25-13-11-19(12-14-25)24-21(22-6-2)23-16-18(4)28-20-10-8-7-9-17(20)3/h7-10,18-19H,5-6,11-16H2,1-4H3,(H2,22,23,24). The lowest BCUT2D eigenvalue weighted by atomic mass is 10.1. The van der Waals surface area contributed by atoms with E-state index in [1.165, 1.54) is 0 Å². The van der Waals surface area contributed by atoms with Gasteiger partial charge in [0, 0.05) is 25.7 Å². The van der Waals surface area contributed by atoms with E-state index in [-0.39, 0.29) is 17.9 Å². The van der Waals surface area contributed by atoms with Crippen LogP contribution in [0.1, 0.15) is 45.6 Å². The maximum atomic E-state index is 12.2. The second-order valence-corrected chi connectivity index (χ2v) is 9.64. The van der Waals surface area contributed by atoms with Gasteiger partial charge in [-0.3, -0.25) is 0 Å². The maximum Gasteiger partial charge on any atom is 0.214 e. The number of hydrogen-bond acceptors (Lipinski definition) is 4. The summed E-state index contributed by atoms with van der Waals surface area (Å²) in [6, 6.07) is 8.19. The molecule has 0 aromatic heterocycles. The molecule has 164 valence electrons. The Labute approximate surface area is 176 Å². The van der Waals surface area contributed by atoms with Crippen LogP contribution in [-0.2, 0) is 10.0 Å². The SMILES string of the molecule is CCCS(=O)(=O)N1CCC(NC(=NCC(C)Oc2ccccc2C)NCC)CC1. The highest BCUT2D eigenvalue weighted by Crippen LogP contribution is 2.18. The van der Waals surface area contributed by atoms with Crippen molar-refractivity contribution in [1.29, 1.82) is 0 Å². The van der Waals surface area contributed by atoms with Crippen LogP contribution in [0.4, 0.5) is 0 Å². The molecule has 1 unspecified atom stereocenters. The fourth-order valence-electron chi connectivity index (χ4n) is 3.34. The Balaban J connectivity index is 1.87. The summed E-state index contributed by atoms with van der Waals surface area (Å²) < 4.78 is 32.1. The number of aliphatic imine (C=N–C) groups is 1. The van der Waals surface area contributed by atoms with E-state index in [2.05, 4.69) is 15.6 Å². The van der Waals surface area contributed by atoms with Crippen LogP contribution < -0.4 is 15.4 Å². The van der Waals surface area contributed by atoms with Gasteiger partial charge in [0.1, 0.15) is 11.9 Å². The molecule has 0 spiro atoms. The summed E-state index contributed by atoms with van der Waals surface area (Å²) in [5, 5.41) is 6.73. The van der Waals surface area contributed by atoms with Crippen molar-refractivity contribution < 1.29 is 13.2 Å². The third-order valence-corrected chi connectivity index (χ3v) is 7.00. The summed E-state index contributed by atoms with van der Waals surface area (Å²) in [6.45, 7) is 10.4. The van der Waals surface area contributed by atoms with E-state index in [4.69, 9.17) is 4.74 Å². The van der Waals surface area contributed by atoms with Gasteiger partial charge in [-0.15, -0.1) is 0 Å². The molecular formula is C21H36N4O3S. The molecule has 0 bridgehead atoms. The minimum absolute atomic E-state index is 0.0485. The number of rotatable bonds is 9. The number of ether oxygens (including phenoxy) is 1. The van der Waals surface area contributed by atoms with Crippen molar-refractivity contribution in [3.63, 3.8) is 0 Å². The topological polar surface area (TPSA) is 83.0 Å². The van der Waals surface area contributed by atoms with E-state index < -0.39 is 10.0 Å². The lowest BCUT2D eigenvalue weighted by molar-refractivity contribution is 0.228. The molecule has 2 N–H and O–H groups in total. The zero-order chi connectivity index (χ0) is 21.3. The van der Waals surface area contributed by atoms with Crippen molar-refractivity contribution in [2.24, 2.45) is 4.99 Å². The van der Waals surface area contributed by atoms with E-state index in [9.17, 15) is 8.42 Å². The lowest BCUT2D eigenvalue weighted by Crippen LogP contribution is -2.50. The molecule has 0 radical (unpaired) electrons.